The van der Waals surface area contributed by atoms with Crippen molar-refractivity contribution in [1.82, 2.24) is 14.5 Å². The van der Waals surface area contributed by atoms with Crippen LogP contribution in [-0.2, 0) is 0 Å². The molecule has 1 rings (SSSR count). The molecule has 0 aliphatic heterocycles. The van der Waals surface area contributed by atoms with Crippen LogP contribution in [0.1, 0.15) is 35.1 Å². The zero-order valence-electron chi connectivity index (χ0n) is 9.03. The monoisotopic (exact) mass is 291 g/mol. The topological polar surface area (TPSA) is 46.1 Å². The summed E-state index contributed by atoms with van der Waals surface area (Å²) in [5.74, 6) is 0.244. The summed E-state index contributed by atoms with van der Waals surface area (Å²) in [6.45, 7) is 4.71. The highest BCUT2D eigenvalue weighted by Crippen LogP contribution is 2.20. The molecular formula is C9H14BrN3OS. The van der Waals surface area contributed by atoms with Gasteiger partial charge in [0.25, 0.3) is 5.91 Å². The Bertz CT molecular complexity index is 340. The fraction of sp³-hybridized carbons (Fsp3) is 0.667. The van der Waals surface area contributed by atoms with Crippen LogP contribution in [0.15, 0.2) is 0 Å². The number of halogens is 1. The van der Waals surface area contributed by atoms with Gasteiger partial charge < -0.3 is 4.90 Å². The van der Waals surface area contributed by atoms with Crippen molar-refractivity contribution in [2.45, 2.75) is 19.8 Å². The van der Waals surface area contributed by atoms with Crippen molar-refractivity contribution in [2.24, 2.45) is 0 Å². The summed E-state index contributed by atoms with van der Waals surface area (Å²) < 4.78 is 3.84. The molecule has 0 aliphatic rings. The molecule has 0 spiro atoms. The van der Waals surface area contributed by atoms with E-state index in [1.807, 2.05) is 13.8 Å². The summed E-state index contributed by atoms with van der Waals surface area (Å²) in [5.41, 5.74) is 0.798. The van der Waals surface area contributed by atoms with Crippen molar-refractivity contribution in [1.29, 1.82) is 0 Å². The van der Waals surface area contributed by atoms with Crippen LogP contribution < -0.4 is 0 Å². The number of alkyl halides is 1. The van der Waals surface area contributed by atoms with Gasteiger partial charge in [0, 0.05) is 18.9 Å². The van der Waals surface area contributed by atoms with Gasteiger partial charge >= 0.3 is 0 Å². The van der Waals surface area contributed by atoms with Crippen molar-refractivity contribution >= 4 is 33.4 Å². The lowest BCUT2D eigenvalue weighted by molar-refractivity contribution is 0.0807. The Balaban J connectivity index is 2.86. The largest absolute Gasteiger partial charge is 0.340 e. The lowest BCUT2D eigenvalue weighted by atomic mass is 10.1. The predicted molar refractivity (Wildman–Crippen MR) is 64.8 cm³/mol. The molecule has 0 bridgehead atoms. The molecule has 0 radical (unpaired) electrons. The van der Waals surface area contributed by atoms with E-state index in [1.54, 1.807) is 11.9 Å². The van der Waals surface area contributed by atoms with Crippen LogP contribution in [0.4, 0.5) is 0 Å². The number of carbonyl (C=O) groups excluding carboxylic acids is 1. The van der Waals surface area contributed by atoms with Gasteiger partial charge in [-0.3, -0.25) is 4.79 Å². The first-order chi connectivity index (χ1) is 7.07. The van der Waals surface area contributed by atoms with E-state index in [2.05, 4.69) is 25.5 Å². The fourth-order valence-corrected chi connectivity index (χ4v) is 2.47. The molecule has 0 N–H and O–H groups in total. The molecule has 4 nitrogen and oxygen atoms in total. The maximum atomic E-state index is 12.0. The summed E-state index contributed by atoms with van der Waals surface area (Å²) >= 11 is 4.48. The molecule has 0 fully saturated rings. The standard InChI is InChI=1S/C9H14BrN3OS/c1-6(2)7-8(15-12-11-7)9(14)13(3)5-4-10/h6H,4-5H2,1-3H3. The van der Waals surface area contributed by atoms with Crippen molar-refractivity contribution in [2.75, 3.05) is 18.9 Å². The molecule has 1 heterocycles. The predicted octanol–water partition coefficient (Wildman–Crippen LogP) is 2.13. The molecule has 84 valence electrons. The highest BCUT2D eigenvalue weighted by Gasteiger charge is 2.21. The number of amides is 1. The van der Waals surface area contributed by atoms with Gasteiger partial charge in [-0.15, -0.1) is 5.10 Å². The van der Waals surface area contributed by atoms with E-state index in [-0.39, 0.29) is 11.8 Å². The molecule has 6 heteroatoms. The summed E-state index contributed by atoms with van der Waals surface area (Å²) in [4.78, 5) is 14.3. The minimum absolute atomic E-state index is 0.00755. The fourth-order valence-electron chi connectivity index (χ4n) is 1.13. The van der Waals surface area contributed by atoms with E-state index in [9.17, 15) is 4.79 Å². The number of rotatable bonds is 4. The van der Waals surface area contributed by atoms with Gasteiger partial charge in [0.1, 0.15) is 4.88 Å². The van der Waals surface area contributed by atoms with Gasteiger partial charge in [0.15, 0.2) is 0 Å². The number of hydrogen-bond acceptors (Lipinski definition) is 4. The number of aromatic nitrogens is 2. The first-order valence-corrected chi connectivity index (χ1v) is 6.61. The first-order valence-electron chi connectivity index (χ1n) is 4.71. The Kier molecular flexibility index (Phi) is 4.66. The van der Waals surface area contributed by atoms with Crippen LogP contribution in [-0.4, -0.2) is 39.3 Å². The van der Waals surface area contributed by atoms with Crippen molar-refractivity contribution in [3.63, 3.8) is 0 Å². The Hall–Kier alpha value is -0.490. The molecule has 0 saturated heterocycles. The zero-order valence-corrected chi connectivity index (χ0v) is 11.4. The molecule has 0 unspecified atom stereocenters. The van der Waals surface area contributed by atoms with Crippen LogP contribution in [0.5, 0.6) is 0 Å². The molecule has 1 aromatic heterocycles. The van der Waals surface area contributed by atoms with Crippen LogP contribution in [0.3, 0.4) is 0 Å². The molecule has 0 atom stereocenters. The van der Waals surface area contributed by atoms with E-state index < -0.39 is 0 Å². The molecule has 0 saturated carbocycles. The molecular weight excluding hydrogens is 278 g/mol. The molecule has 0 aromatic carbocycles. The van der Waals surface area contributed by atoms with Crippen molar-refractivity contribution in [3.8, 4) is 0 Å². The first kappa shape index (κ1) is 12.6. The second-order valence-corrected chi connectivity index (χ2v) is 5.10. The molecule has 1 amide bonds. The summed E-state index contributed by atoms with van der Waals surface area (Å²) in [5, 5.41) is 4.76. The number of nitrogens with zero attached hydrogens (tertiary/aromatic N) is 3. The Morgan fingerprint density at radius 3 is 2.80 bits per heavy atom. The third kappa shape index (κ3) is 2.98. The quantitative estimate of drug-likeness (QED) is 0.799. The Morgan fingerprint density at radius 1 is 1.60 bits per heavy atom. The van der Waals surface area contributed by atoms with E-state index in [0.717, 1.165) is 11.0 Å². The number of hydrogen-bond donors (Lipinski definition) is 0. The lowest BCUT2D eigenvalue weighted by Crippen LogP contribution is -2.28. The van der Waals surface area contributed by atoms with Gasteiger partial charge in [-0.25, -0.2) is 0 Å². The molecule has 0 aliphatic carbocycles. The van der Waals surface area contributed by atoms with Gasteiger partial charge in [-0.1, -0.05) is 34.3 Å². The zero-order chi connectivity index (χ0) is 11.4. The van der Waals surface area contributed by atoms with Gasteiger partial charge in [0.2, 0.25) is 0 Å². The molecule has 1 aromatic rings. The smallest absolute Gasteiger partial charge is 0.267 e. The van der Waals surface area contributed by atoms with E-state index in [0.29, 0.717) is 11.4 Å². The minimum Gasteiger partial charge on any atom is -0.340 e. The van der Waals surface area contributed by atoms with Crippen molar-refractivity contribution in [3.05, 3.63) is 10.6 Å². The summed E-state index contributed by atoms with van der Waals surface area (Å²) in [7, 11) is 1.79. The SMILES string of the molecule is CC(C)c1nnsc1C(=O)N(C)CCBr. The highest BCUT2D eigenvalue weighted by atomic mass is 79.9. The second-order valence-electron chi connectivity index (χ2n) is 3.56. The third-order valence-electron chi connectivity index (χ3n) is 2.02. The maximum absolute atomic E-state index is 12.0. The van der Waals surface area contributed by atoms with Crippen LogP contribution >= 0.6 is 27.5 Å². The van der Waals surface area contributed by atoms with Gasteiger partial charge in [-0.05, 0) is 17.5 Å². The Morgan fingerprint density at radius 2 is 2.27 bits per heavy atom. The average molecular weight is 292 g/mol. The van der Waals surface area contributed by atoms with Crippen LogP contribution in [0, 0.1) is 0 Å². The minimum atomic E-state index is 0.00755. The third-order valence-corrected chi connectivity index (χ3v) is 3.11. The Labute approximate surface area is 102 Å². The lowest BCUT2D eigenvalue weighted by Gasteiger charge is -2.15. The van der Waals surface area contributed by atoms with Gasteiger partial charge in [0.05, 0.1) is 5.69 Å². The van der Waals surface area contributed by atoms with Crippen molar-refractivity contribution < 1.29 is 4.79 Å². The van der Waals surface area contributed by atoms with E-state index >= 15 is 0 Å². The summed E-state index contributed by atoms with van der Waals surface area (Å²) in [6, 6.07) is 0. The van der Waals surface area contributed by atoms with E-state index in [1.165, 1.54) is 11.5 Å². The van der Waals surface area contributed by atoms with Crippen LogP contribution in [0.25, 0.3) is 0 Å². The number of carbonyl (C=O) groups is 1. The maximum Gasteiger partial charge on any atom is 0.267 e. The highest BCUT2D eigenvalue weighted by molar-refractivity contribution is 9.09. The second kappa shape index (κ2) is 5.55. The average Bonchev–Trinajstić information content (AvgIpc) is 2.65. The molecule has 15 heavy (non-hydrogen) atoms. The van der Waals surface area contributed by atoms with Crippen LogP contribution in [0.2, 0.25) is 0 Å². The normalized spacial score (nSPS) is 10.7. The van der Waals surface area contributed by atoms with Gasteiger partial charge in [-0.2, -0.15) is 0 Å². The summed E-state index contributed by atoms with van der Waals surface area (Å²) in [6.07, 6.45) is 0. The van der Waals surface area contributed by atoms with E-state index in [4.69, 9.17) is 0 Å².